The van der Waals surface area contributed by atoms with Crippen LogP contribution in [0.25, 0.3) is 0 Å². The molecule has 1 atom stereocenters. The van der Waals surface area contributed by atoms with Crippen molar-refractivity contribution in [2.75, 3.05) is 11.9 Å². The Kier molecular flexibility index (Phi) is 4.49. The highest BCUT2D eigenvalue weighted by Crippen LogP contribution is 2.60. The summed E-state index contributed by atoms with van der Waals surface area (Å²) in [6.45, 7) is 0.741. The van der Waals surface area contributed by atoms with Gasteiger partial charge in [-0.2, -0.15) is 0 Å². The van der Waals surface area contributed by atoms with Gasteiger partial charge in [-0.15, -0.1) is 0 Å². The third-order valence-electron chi connectivity index (χ3n) is 7.44. The molecule has 1 aliphatic heterocycles. The van der Waals surface area contributed by atoms with Gasteiger partial charge < -0.3 is 10.2 Å². The van der Waals surface area contributed by atoms with Gasteiger partial charge in [0.25, 0.3) is 0 Å². The van der Waals surface area contributed by atoms with Crippen molar-refractivity contribution in [3.8, 4) is 0 Å². The third-order valence-corrected chi connectivity index (χ3v) is 8.38. The topological polar surface area (TPSA) is 49.4 Å². The number of hydrogen-bond donors (Lipinski definition) is 1. The number of carbonyl (C=O) groups excluding carboxylic acids is 2. The molecule has 0 radical (unpaired) electrons. The fourth-order valence-electron chi connectivity index (χ4n) is 6.74. The summed E-state index contributed by atoms with van der Waals surface area (Å²) in [6.07, 6.45) is 8.93. The lowest BCUT2D eigenvalue weighted by molar-refractivity contribution is -0.160. The lowest BCUT2D eigenvalue weighted by atomic mass is 9.49. The zero-order valence-electron chi connectivity index (χ0n) is 15.6. The summed E-state index contributed by atoms with van der Waals surface area (Å²) in [5.74, 6) is 2.53. The molecule has 5 heteroatoms. The largest absolute Gasteiger partial charge is 0.330 e. The van der Waals surface area contributed by atoms with Crippen molar-refractivity contribution in [1.29, 1.82) is 0 Å². The van der Waals surface area contributed by atoms with E-state index in [-0.39, 0.29) is 17.4 Å². The van der Waals surface area contributed by atoms with Crippen LogP contribution in [0, 0.1) is 26.7 Å². The van der Waals surface area contributed by atoms with Crippen molar-refractivity contribution in [3.63, 3.8) is 0 Å². The highest BCUT2D eigenvalue weighted by molar-refractivity contribution is 14.1. The summed E-state index contributed by atoms with van der Waals surface area (Å²) in [7, 11) is 0. The maximum atomic E-state index is 13.7. The third kappa shape index (κ3) is 3.10. The molecule has 5 aliphatic rings. The van der Waals surface area contributed by atoms with Crippen molar-refractivity contribution in [3.05, 3.63) is 27.8 Å². The van der Waals surface area contributed by atoms with Crippen LogP contribution in [-0.2, 0) is 9.59 Å². The molecule has 27 heavy (non-hydrogen) atoms. The van der Waals surface area contributed by atoms with Crippen LogP contribution in [0.1, 0.15) is 51.4 Å². The van der Waals surface area contributed by atoms with E-state index in [0.717, 1.165) is 65.7 Å². The number of likely N-dealkylation sites (tertiary alicyclic amines) is 1. The summed E-state index contributed by atoms with van der Waals surface area (Å²) < 4.78 is 1.03. The maximum absolute atomic E-state index is 13.7. The van der Waals surface area contributed by atoms with Crippen LogP contribution in [0.15, 0.2) is 24.3 Å². The Balaban J connectivity index is 1.34. The van der Waals surface area contributed by atoms with E-state index in [9.17, 15) is 9.59 Å². The number of carbonyl (C=O) groups is 2. The minimum atomic E-state index is -0.304. The number of benzene rings is 1. The standard InChI is InChI=1S/C22H27IN2O2/c23-17-4-1-2-5-18(17)24-20(26)19-6-3-7-25(19)21(27)22-11-14-8-15(12-22)10-16(9-14)13-22/h1-2,4-5,14-16,19H,3,6-13H2,(H,24,26). The van der Waals surface area contributed by atoms with Crippen molar-refractivity contribution in [2.45, 2.75) is 57.4 Å². The monoisotopic (exact) mass is 478 g/mol. The minimum Gasteiger partial charge on any atom is -0.330 e. The average Bonchev–Trinajstić information content (AvgIpc) is 3.11. The number of para-hydroxylation sites is 1. The van der Waals surface area contributed by atoms with E-state index in [1.54, 1.807) is 0 Å². The molecule has 4 saturated carbocycles. The SMILES string of the molecule is O=C(Nc1ccccc1I)C1CCCN1C(=O)C12CC3CC(CC(C3)C1)C2. The van der Waals surface area contributed by atoms with E-state index in [1.165, 1.54) is 19.3 Å². The Labute approximate surface area is 174 Å². The van der Waals surface area contributed by atoms with Gasteiger partial charge in [-0.25, -0.2) is 0 Å². The average molecular weight is 478 g/mol. The molecular formula is C22H27IN2O2. The summed E-state index contributed by atoms with van der Waals surface area (Å²) in [5.41, 5.74) is 0.691. The predicted octanol–water partition coefficient (Wildman–Crippen LogP) is 4.44. The Bertz CT molecular complexity index is 742. The zero-order chi connectivity index (χ0) is 18.6. The van der Waals surface area contributed by atoms with Gasteiger partial charge >= 0.3 is 0 Å². The van der Waals surface area contributed by atoms with E-state index < -0.39 is 0 Å². The summed E-state index contributed by atoms with van der Waals surface area (Å²) in [5, 5.41) is 3.07. The van der Waals surface area contributed by atoms with E-state index in [1.807, 2.05) is 29.2 Å². The quantitative estimate of drug-likeness (QED) is 0.654. The molecule has 4 aliphatic carbocycles. The Morgan fingerprint density at radius 2 is 1.67 bits per heavy atom. The van der Waals surface area contributed by atoms with Gasteiger partial charge in [-0.1, -0.05) is 12.1 Å². The Morgan fingerprint density at radius 3 is 2.30 bits per heavy atom. The molecule has 4 bridgehead atoms. The second-order valence-electron chi connectivity index (χ2n) is 9.32. The number of amides is 2. The molecular weight excluding hydrogens is 451 g/mol. The molecule has 1 aromatic rings. The first-order valence-corrected chi connectivity index (χ1v) is 11.5. The van der Waals surface area contributed by atoms with Gasteiger partial charge in [-0.3, -0.25) is 9.59 Å². The molecule has 1 saturated heterocycles. The van der Waals surface area contributed by atoms with Crippen LogP contribution < -0.4 is 5.32 Å². The fourth-order valence-corrected chi connectivity index (χ4v) is 7.26. The van der Waals surface area contributed by atoms with E-state index in [4.69, 9.17) is 0 Å². The first-order chi connectivity index (χ1) is 13.0. The van der Waals surface area contributed by atoms with E-state index in [0.29, 0.717) is 5.91 Å². The normalized spacial score (nSPS) is 36.9. The number of rotatable bonds is 3. The molecule has 1 aromatic carbocycles. The molecule has 5 fully saturated rings. The van der Waals surface area contributed by atoms with Crippen LogP contribution in [0.4, 0.5) is 5.69 Å². The molecule has 1 heterocycles. The van der Waals surface area contributed by atoms with Crippen molar-refractivity contribution in [1.82, 2.24) is 4.90 Å². The van der Waals surface area contributed by atoms with Gasteiger partial charge in [0.1, 0.15) is 6.04 Å². The predicted molar refractivity (Wildman–Crippen MR) is 113 cm³/mol. The van der Waals surface area contributed by atoms with Crippen LogP contribution in [0.5, 0.6) is 0 Å². The first kappa shape index (κ1) is 18.0. The van der Waals surface area contributed by atoms with Crippen LogP contribution >= 0.6 is 22.6 Å². The lowest BCUT2D eigenvalue weighted by Crippen LogP contribution is -2.56. The number of anilines is 1. The fraction of sp³-hybridized carbons (Fsp3) is 0.636. The van der Waals surface area contributed by atoms with Gasteiger partial charge in [0.15, 0.2) is 0 Å². The Morgan fingerprint density at radius 1 is 1.04 bits per heavy atom. The van der Waals surface area contributed by atoms with Crippen molar-refractivity contribution < 1.29 is 9.59 Å². The van der Waals surface area contributed by atoms with E-state index >= 15 is 0 Å². The minimum absolute atomic E-state index is 0.0188. The van der Waals surface area contributed by atoms with Gasteiger partial charge in [0.2, 0.25) is 11.8 Å². The van der Waals surface area contributed by atoms with E-state index in [2.05, 4.69) is 27.9 Å². The highest BCUT2D eigenvalue weighted by atomic mass is 127. The van der Waals surface area contributed by atoms with Crippen LogP contribution in [-0.4, -0.2) is 29.3 Å². The first-order valence-electron chi connectivity index (χ1n) is 10.4. The van der Waals surface area contributed by atoms with Gasteiger partial charge in [-0.05, 0) is 104 Å². The van der Waals surface area contributed by atoms with Gasteiger partial charge in [0.05, 0.1) is 11.1 Å². The number of nitrogens with one attached hydrogen (secondary N) is 1. The second-order valence-corrected chi connectivity index (χ2v) is 10.5. The second kappa shape index (κ2) is 6.75. The smallest absolute Gasteiger partial charge is 0.247 e. The molecule has 6 rings (SSSR count). The molecule has 144 valence electrons. The van der Waals surface area contributed by atoms with Crippen molar-refractivity contribution in [2.24, 2.45) is 23.2 Å². The summed E-state index contributed by atoms with van der Waals surface area (Å²) in [4.78, 5) is 28.6. The van der Waals surface area contributed by atoms with Crippen molar-refractivity contribution >= 4 is 40.1 Å². The Hall–Kier alpha value is -1.11. The summed E-state index contributed by atoms with van der Waals surface area (Å²) >= 11 is 2.24. The van der Waals surface area contributed by atoms with Gasteiger partial charge in [0, 0.05) is 10.1 Å². The number of halogens is 1. The number of nitrogens with zero attached hydrogens (tertiary/aromatic N) is 1. The maximum Gasteiger partial charge on any atom is 0.247 e. The molecule has 2 amide bonds. The van der Waals surface area contributed by atoms with Crippen LogP contribution in [0.2, 0.25) is 0 Å². The number of hydrogen-bond acceptors (Lipinski definition) is 2. The molecule has 4 nitrogen and oxygen atoms in total. The van der Waals surface area contributed by atoms with Crippen LogP contribution in [0.3, 0.4) is 0 Å². The molecule has 0 aromatic heterocycles. The zero-order valence-corrected chi connectivity index (χ0v) is 17.8. The highest BCUT2D eigenvalue weighted by Gasteiger charge is 2.56. The molecule has 1 N–H and O–H groups in total. The lowest BCUT2D eigenvalue weighted by Gasteiger charge is -2.56. The molecule has 1 unspecified atom stereocenters. The molecule has 0 spiro atoms. The summed E-state index contributed by atoms with van der Waals surface area (Å²) in [6, 6.07) is 7.52.